The molecule has 0 aromatic heterocycles. The second-order valence-corrected chi connectivity index (χ2v) is 3.24. The standard InChI is InChI=1S/C12H10F3O2/c13-12(14,15)11-6-4-10(5-7-11)3-1-2-8-17-9-16/h1,3-7H,2,8H2. The Hall–Kier alpha value is -1.78. The summed E-state index contributed by atoms with van der Waals surface area (Å²) < 4.78 is 41.0. The number of hydrogen-bond acceptors (Lipinski definition) is 2. The maximum absolute atomic E-state index is 12.2. The van der Waals surface area contributed by atoms with E-state index in [1.165, 1.54) is 18.6 Å². The zero-order valence-electron chi connectivity index (χ0n) is 8.83. The van der Waals surface area contributed by atoms with Crippen molar-refractivity contribution in [2.24, 2.45) is 0 Å². The number of ether oxygens (including phenoxy) is 1. The fourth-order valence-corrected chi connectivity index (χ4v) is 1.17. The Morgan fingerprint density at radius 2 is 1.88 bits per heavy atom. The summed E-state index contributed by atoms with van der Waals surface area (Å²) in [6.45, 7) is 1.49. The smallest absolute Gasteiger partial charge is 0.417 e. The van der Waals surface area contributed by atoms with Crippen LogP contribution in [0.2, 0.25) is 0 Å². The van der Waals surface area contributed by atoms with E-state index in [1.54, 1.807) is 12.2 Å². The maximum Gasteiger partial charge on any atom is 0.417 e. The Morgan fingerprint density at radius 3 is 2.41 bits per heavy atom. The quantitative estimate of drug-likeness (QED) is 0.742. The van der Waals surface area contributed by atoms with Crippen molar-refractivity contribution >= 4 is 12.5 Å². The van der Waals surface area contributed by atoms with Crippen LogP contribution in [-0.4, -0.2) is 13.1 Å². The molecule has 0 atom stereocenters. The van der Waals surface area contributed by atoms with Crippen LogP contribution in [0, 0.1) is 0 Å². The van der Waals surface area contributed by atoms with Crippen LogP contribution in [0.15, 0.2) is 30.3 Å². The minimum Gasteiger partial charge on any atom is -0.457 e. The fraction of sp³-hybridized carbons (Fsp3) is 0.250. The molecule has 1 aromatic carbocycles. The van der Waals surface area contributed by atoms with E-state index in [4.69, 9.17) is 0 Å². The van der Waals surface area contributed by atoms with Crippen LogP contribution < -0.4 is 0 Å². The Morgan fingerprint density at radius 1 is 1.24 bits per heavy atom. The molecule has 1 aromatic rings. The largest absolute Gasteiger partial charge is 0.457 e. The Balaban J connectivity index is 2.54. The molecule has 0 N–H and O–H groups in total. The molecule has 1 rings (SSSR count). The summed E-state index contributed by atoms with van der Waals surface area (Å²) in [4.78, 5) is 9.69. The molecular weight excluding hydrogens is 233 g/mol. The lowest BCUT2D eigenvalue weighted by atomic mass is 10.1. The number of benzene rings is 1. The van der Waals surface area contributed by atoms with E-state index in [2.05, 4.69) is 4.74 Å². The minimum absolute atomic E-state index is 0.209. The van der Waals surface area contributed by atoms with Gasteiger partial charge in [0.25, 0.3) is 0 Å². The van der Waals surface area contributed by atoms with E-state index in [9.17, 15) is 18.0 Å². The van der Waals surface area contributed by atoms with Crippen LogP contribution in [-0.2, 0) is 15.7 Å². The molecule has 0 saturated heterocycles. The molecule has 0 unspecified atom stereocenters. The highest BCUT2D eigenvalue weighted by Crippen LogP contribution is 2.29. The van der Waals surface area contributed by atoms with Gasteiger partial charge in [0.2, 0.25) is 0 Å². The van der Waals surface area contributed by atoms with Gasteiger partial charge in [-0.05, 0) is 24.1 Å². The summed E-state index contributed by atoms with van der Waals surface area (Å²) in [5.41, 5.74) is -0.0124. The summed E-state index contributed by atoms with van der Waals surface area (Å²) in [5.74, 6) is 0. The number of hydrogen-bond donors (Lipinski definition) is 0. The molecule has 0 aliphatic rings. The molecular formula is C12H10F3O2. The third-order valence-electron chi connectivity index (χ3n) is 1.99. The van der Waals surface area contributed by atoms with Gasteiger partial charge in [0.1, 0.15) is 0 Å². The first-order chi connectivity index (χ1) is 8.04. The first kappa shape index (κ1) is 13.3. The highest BCUT2D eigenvalue weighted by Gasteiger charge is 2.29. The predicted molar refractivity (Wildman–Crippen MR) is 56.7 cm³/mol. The van der Waals surface area contributed by atoms with Crippen molar-refractivity contribution in [3.05, 3.63) is 41.5 Å². The van der Waals surface area contributed by atoms with Gasteiger partial charge in [0.15, 0.2) is 0 Å². The highest BCUT2D eigenvalue weighted by molar-refractivity contribution is 5.49. The van der Waals surface area contributed by atoms with Crippen molar-refractivity contribution < 1.29 is 22.7 Å². The van der Waals surface area contributed by atoms with Crippen molar-refractivity contribution in [1.82, 2.24) is 0 Å². The highest BCUT2D eigenvalue weighted by atomic mass is 19.4. The molecule has 17 heavy (non-hydrogen) atoms. The summed E-state index contributed by atoms with van der Waals surface area (Å²) in [5, 5.41) is 0. The number of carbonyl (C=O) groups excluding carboxylic acids is 1. The number of halogens is 3. The summed E-state index contributed by atoms with van der Waals surface area (Å²) >= 11 is 0. The van der Waals surface area contributed by atoms with E-state index in [-0.39, 0.29) is 6.61 Å². The molecule has 5 heteroatoms. The van der Waals surface area contributed by atoms with Crippen LogP contribution in [0.25, 0.3) is 6.08 Å². The normalized spacial score (nSPS) is 11.7. The van der Waals surface area contributed by atoms with Crippen molar-refractivity contribution in [1.29, 1.82) is 0 Å². The Kier molecular flexibility index (Phi) is 4.75. The lowest BCUT2D eigenvalue weighted by Crippen LogP contribution is -2.03. The molecule has 0 spiro atoms. The average Bonchev–Trinajstić information content (AvgIpc) is 2.28. The van der Waals surface area contributed by atoms with E-state index in [0.29, 0.717) is 12.0 Å². The van der Waals surface area contributed by atoms with Crippen molar-refractivity contribution in [3.63, 3.8) is 0 Å². The lowest BCUT2D eigenvalue weighted by molar-refractivity contribution is -0.137. The van der Waals surface area contributed by atoms with Gasteiger partial charge < -0.3 is 4.74 Å². The molecule has 1 radical (unpaired) electrons. The second kappa shape index (κ2) is 6.08. The zero-order chi connectivity index (χ0) is 12.7. The number of rotatable bonds is 5. The van der Waals surface area contributed by atoms with Crippen molar-refractivity contribution in [2.45, 2.75) is 12.6 Å². The van der Waals surface area contributed by atoms with E-state index < -0.39 is 11.7 Å². The summed E-state index contributed by atoms with van der Waals surface area (Å²) in [6, 6.07) is 4.81. The van der Waals surface area contributed by atoms with E-state index in [1.807, 2.05) is 0 Å². The third-order valence-corrected chi connectivity index (χ3v) is 1.99. The van der Waals surface area contributed by atoms with Crippen LogP contribution >= 0.6 is 0 Å². The maximum atomic E-state index is 12.2. The molecule has 0 bridgehead atoms. The SMILES string of the molecule is O=[C]OCCC=Cc1ccc(C(F)(F)F)cc1. The van der Waals surface area contributed by atoms with E-state index >= 15 is 0 Å². The van der Waals surface area contributed by atoms with Crippen molar-refractivity contribution in [2.75, 3.05) is 6.61 Å². The molecule has 2 nitrogen and oxygen atoms in total. The van der Waals surface area contributed by atoms with Gasteiger partial charge in [0.05, 0.1) is 12.2 Å². The minimum atomic E-state index is -4.31. The van der Waals surface area contributed by atoms with Gasteiger partial charge in [-0.1, -0.05) is 24.3 Å². The van der Waals surface area contributed by atoms with Gasteiger partial charge >= 0.3 is 12.6 Å². The first-order valence-corrected chi connectivity index (χ1v) is 4.87. The fourth-order valence-electron chi connectivity index (χ4n) is 1.17. The van der Waals surface area contributed by atoms with E-state index in [0.717, 1.165) is 12.1 Å². The third kappa shape index (κ3) is 4.72. The molecule has 0 saturated carbocycles. The monoisotopic (exact) mass is 243 g/mol. The zero-order valence-corrected chi connectivity index (χ0v) is 8.83. The summed E-state index contributed by atoms with van der Waals surface area (Å²) in [7, 11) is 0. The molecule has 0 aliphatic carbocycles. The van der Waals surface area contributed by atoms with Crippen molar-refractivity contribution in [3.8, 4) is 0 Å². The van der Waals surface area contributed by atoms with Gasteiger partial charge in [0, 0.05) is 0 Å². The predicted octanol–water partition coefficient (Wildman–Crippen LogP) is 3.19. The van der Waals surface area contributed by atoms with Crippen LogP contribution in [0.4, 0.5) is 13.2 Å². The average molecular weight is 243 g/mol. The molecule has 0 heterocycles. The number of alkyl halides is 3. The Labute approximate surface area is 96.7 Å². The van der Waals surface area contributed by atoms with Gasteiger partial charge in [-0.2, -0.15) is 13.2 Å². The lowest BCUT2D eigenvalue weighted by Gasteiger charge is -2.05. The van der Waals surface area contributed by atoms with Gasteiger partial charge in [-0.3, -0.25) is 0 Å². The topological polar surface area (TPSA) is 26.3 Å². The van der Waals surface area contributed by atoms with Crippen LogP contribution in [0.3, 0.4) is 0 Å². The molecule has 0 fully saturated rings. The van der Waals surface area contributed by atoms with Crippen LogP contribution in [0.1, 0.15) is 17.5 Å². The molecule has 0 amide bonds. The molecule has 91 valence electrons. The second-order valence-electron chi connectivity index (χ2n) is 3.24. The Bertz CT molecular complexity index is 380. The van der Waals surface area contributed by atoms with Gasteiger partial charge in [-0.25, -0.2) is 4.79 Å². The summed E-state index contributed by atoms with van der Waals surface area (Å²) in [6.07, 6.45) is -0.444. The van der Waals surface area contributed by atoms with Gasteiger partial charge in [-0.15, -0.1) is 0 Å². The molecule has 0 aliphatic heterocycles. The first-order valence-electron chi connectivity index (χ1n) is 4.87. The van der Waals surface area contributed by atoms with Crippen LogP contribution in [0.5, 0.6) is 0 Å².